The van der Waals surface area contributed by atoms with Gasteiger partial charge in [-0.3, -0.25) is 10.1 Å². The molecule has 0 aliphatic rings. The molecule has 0 amide bonds. The van der Waals surface area contributed by atoms with Gasteiger partial charge in [0.15, 0.2) is 5.60 Å². The van der Waals surface area contributed by atoms with Crippen LogP contribution in [0.3, 0.4) is 0 Å². The van der Waals surface area contributed by atoms with E-state index in [4.69, 9.17) is 0 Å². The molecule has 112 valence electrons. The highest BCUT2D eigenvalue weighted by Crippen LogP contribution is 2.29. The molecule has 1 atom stereocenters. The molecule has 0 spiro atoms. The van der Waals surface area contributed by atoms with E-state index in [0.29, 0.717) is 0 Å². The Morgan fingerprint density at radius 3 is 2.15 bits per heavy atom. The van der Waals surface area contributed by atoms with Gasteiger partial charge in [-0.05, 0) is 38.5 Å². The van der Waals surface area contributed by atoms with Gasteiger partial charge in [-0.2, -0.15) is 0 Å². The lowest BCUT2D eigenvalue weighted by atomic mass is 9.92. The van der Waals surface area contributed by atoms with Crippen molar-refractivity contribution < 1.29 is 18.8 Å². The number of halogens is 2. The summed E-state index contributed by atoms with van der Waals surface area (Å²) in [6.45, 7) is 5.00. The summed E-state index contributed by atoms with van der Waals surface area (Å²) in [5.74, 6) is 0. The minimum Gasteiger partial charge on any atom is -0.378 e. The van der Waals surface area contributed by atoms with E-state index < -0.39 is 22.5 Å². The lowest BCUT2D eigenvalue weighted by Crippen LogP contribution is -2.49. The number of nitrogens with zero attached hydrogens (tertiary/aromatic N) is 1. The smallest absolute Gasteiger partial charge is 0.272 e. The number of benzene rings is 1. The second-order valence-corrected chi connectivity index (χ2v) is 5.63. The Morgan fingerprint density at radius 1 is 1.30 bits per heavy atom. The standard InChI is InChI=1S/C13H18F2N2O3/c1-12(2,3)16-8-13(18,11(14)15)9-4-6-10(7-5-9)17(19)20/h4-7,11,16,18H,8H2,1-3H3. The average molecular weight is 288 g/mol. The zero-order valence-electron chi connectivity index (χ0n) is 11.6. The molecular formula is C13H18F2N2O3. The topological polar surface area (TPSA) is 75.4 Å². The van der Waals surface area contributed by atoms with Gasteiger partial charge in [-0.1, -0.05) is 0 Å². The first-order valence-electron chi connectivity index (χ1n) is 6.07. The van der Waals surface area contributed by atoms with E-state index in [-0.39, 0.29) is 17.8 Å². The van der Waals surface area contributed by atoms with Gasteiger partial charge in [0.2, 0.25) is 0 Å². The number of non-ortho nitro benzene ring substituents is 1. The Bertz CT molecular complexity index is 471. The molecule has 7 heteroatoms. The SMILES string of the molecule is CC(C)(C)NCC(O)(c1ccc([N+](=O)[O-])cc1)C(F)F. The number of nitrogens with one attached hydrogen (secondary N) is 1. The summed E-state index contributed by atoms with van der Waals surface area (Å²) in [4.78, 5) is 9.91. The number of hydrogen-bond donors (Lipinski definition) is 2. The minimum atomic E-state index is -3.01. The number of nitro benzene ring substituents is 1. The van der Waals surface area contributed by atoms with Crippen molar-refractivity contribution in [3.05, 3.63) is 39.9 Å². The minimum absolute atomic E-state index is 0.0603. The van der Waals surface area contributed by atoms with Crippen molar-refractivity contribution >= 4 is 5.69 Å². The maximum absolute atomic E-state index is 13.2. The maximum Gasteiger partial charge on any atom is 0.272 e. The van der Waals surface area contributed by atoms with Crippen LogP contribution in [0.15, 0.2) is 24.3 Å². The van der Waals surface area contributed by atoms with Crippen LogP contribution >= 0.6 is 0 Å². The highest BCUT2D eigenvalue weighted by Gasteiger charge is 2.40. The van der Waals surface area contributed by atoms with Crippen LogP contribution in [0.1, 0.15) is 26.3 Å². The highest BCUT2D eigenvalue weighted by atomic mass is 19.3. The molecule has 0 radical (unpaired) electrons. The Labute approximate surface area is 115 Å². The number of hydrogen-bond acceptors (Lipinski definition) is 4. The fraction of sp³-hybridized carbons (Fsp3) is 0.538. The van der Waals surface area contributed by atoms with Crippen LogP contribution in [0.2, 0.25) is 0 Å². The predicted octanol–water partition coefficient (Wildman–Crippen LogP) is 2.44. The summed E-state index contributed by atoms with van der Waals surface area (Å²) in [5.41, 5.74) is -3.10. The van der Waals surface area contributed by atoms with Crippen LogP contribution in [0.25, 0.3) is 0 Å². The second kappa shape index (κ2) is 5.80. The van der Waals surface area contributed by atoms with E-state index in [1.165, 1.54) is 0 Å². The molecule has 0 aliphatic carbocycles. The van der Waals surface area contributed by atoms with Crippen molar-refractivity contribution in [2.45, 2.75) is 38.3 Å². The molecule has 0 heterocycles. The molecule has 1 rings (SSSR count). The van der Waals surface area contributed by atoms with E-state index in [1.807, 2.05) is 0 Å². The fourth-order valence-corrected chi connectivity index (χ4v) is 1.58. The molecule has 20 heavy (non-hydrogen) atoms. The summed E-state index contributed by atoms with van der Waals surface area (Å²) < 4.78 is 26.4. The molecule has 0 fully saturated rings. The van der Waals surface area contributed by atoms with Crippen molar-refractivity contribution in [3.8, 4) is 0 Å². The van der Waals surface area contributed by atoms with E-state index >= 15 is 0 Å². The summed E-state index contributed by atoms with van der Waals surface area (Å²) >= 11 is 0. The molecule has 0 aromatic heterocycles. The summed E-state index contributed by atoms with van der Waals surface area (Å²) in [6.07, 6.45) is -3.01. The summed E-state index contributed by atoms with van der Waals surface area (Å²) in [5, 5.41) is 23.5. The van der Waals surface area contributed by atoms with Crippen molar-refractivity contribution in [2.24, 2.45) is 0 Å². The molecule has 5 nitrogen and oxygen atoms in total. The van der Waals surface area contributed by atoms with Crippen LogP contribution < -0.4 is 5.32 Å². The quantitative estimate of drug-likeness (QED) is 0.644. The molecule has 1 aromatic carbocycles. The van der Waals surface area contributed by atoms with Gasteiger partial charge in [0.25, 0.3) is 12.1 Å². The third-order valence-corrected chi connectivity index (χ3v) is 2.83. The van der Waals surface area contributed by atoms with Crippen molar-refractivity contribution in [1.82, 2.24) is 5.32 Å². The molecule has 1 unspecified atom stereocenters. The number of β-amino-alcohol motifs (C(OH)–C–C–N with tert-alkyl or cyclic N) is 1. The van der Waals surface area contributed by atoms with Gasteiger partial charge in [-0.25, -0.2) is 8.78 Å². The molecule has 1 aromatic rings. The molecular weight excluding hydrogens is 270 g/mol. The summed E-state index contributed by atoms with van der Waals surface area (Å²) in [7, 11) is 0. The van der Waals surface area contributed by atoms with Crippen LogP contribution in [-0.4, -0.2) is 28.5 Å². The lowest BCUT2D eigenvalue weighted by molar-refractivity contribution is -0.384. The fourth-order valence-electron chi connectivity index (χ4n) is 1.58. The third-order valence-electron chi connectivity index (χ3n) is 2.83. The molecule has 0 bridgehead atoms. The molecule has 0 aliphatic heterocycles. The predicted molar refractivity (Wildman–Crippen MR) is 70.8 cm³/mol. The van der Waals surface area contributed by atoms with Gasteiger partial charge >= 0.3 is 0 Å². The monoisotopic (exact) mass is 288 g/mol. The van der Waals surface area contributed by atoms with E-state index in [2.05, 4.69) is 5.32 Å². The Kier molecular flexibility index (Phi) is 4.77. The first-order chi connectivity index (χ1) is 9.06. The van der Waals surface area contributed by atoms with Gasteiger partial charge in [0.1, 0.15) is 0 Å². The second-order valence-electron chi connectivity index (χ2n) is 5.63. The Balaban J connectivity index is 3.03. The maximum atomic E-state index is 13.2. The Morgan fingerprint density at radius 2 is 1.80 bits per heavy atom. The van der Waals surface area contributed by atoms with Gasteiger partial charge < -0.3 is 10.4 Å². The van der Waals surface area contributed by atoms with Gasteiger partial charge in [0.05, 0.1) is 4.92 Å². The van der Waals surface area contributed by atoms with Crippen LogP contribution in [0, 0.1) is 10.1 Å². The van der Waals surface area contributed by atoms with Crippen molar-refractivity contribution in [1.29, 1.82) is 0 Å². The molecule has 2 N–H and O–H groups in total. The van der Waals surface area contributed by atoms with E-state index in [1.54, 1.807) is 20.8 Å². The zero-order chi connectivity index (χ0) is 15.6. The number of nitro groups is 1. The first-order valence-corrected chi connectivity index (χ1v) is 6.07. The molecule has 0 saturated heterocycles. The lowest BCUT2D eigenvalue weighted by Gasteiger charge is -2.32. The normalized spacial score (nSPS) is 15.2. The van der Waals surface area contributed by atoms with Gasteiger partial charge in [0, 0.05) is 24.2 Å². The average Bonchev–Trinajstić information content (AvgIpc) is 2.35. The van der Waals surface area contributed by atoms with Gasteiger partial charge in [-0.15, -0.1) is 0 Å². The van der Waals surface area contributed by atoms with Crippen LogP contribution in [0.5, 0.6) is 0 Å². The highest BCUT2D eigenvalue weighted by molar-refractivity contribution is 5.36. The number of aliphatic hydroxyl groups is 1. The summed E-state index contributed by atoms with van der Waals surface area (Å²) in [6, 6.07) is 4.49. The number of alkyl halides is 2. The largest absolute Gasteiger partial charge is 0.378 e. The van der Waals surface area contributed by atoms with E-state index in [9.17, 15) is 24.0 Å². The van der Waals surface area contributed by atoms with E-state index in [0.717, 1.165) is 24.3 Å². The van der Waals surface area contributed by atoms with Crippen molar-refractivity contribution in [2.75, 3.05) is 6.54 Å². The Hall–Kier alpha value is -1.60. The first kappa shape index (κ1) is 16.5. The molecule has 0 saturated carbocycles. The van der Waals surface area contributed by atoms with Crippen molar-refractivity contribution in [3.63, 3.8) is 0 Å². The zero-order valence-corrected chi connectivity index (χ0v) is 11.6. The van der Waals surface area contributed by atoms with Crippen LogP contribution in [-0.2, 0) is 5.60 Å². The van der Waals surface area contributed by atoms with Crippen LogP contribution in [0.4, 0.5) is 14.5 Å². The third kappa shape index (κ3) is 3.94. The number of rotatable bonds is 5.